The fraction of sp³-hybridized carbons (Fsp3) is 0.318. The molecule has 158 valence electrons. The van der Waals surface area contributed by atoms with Gasteiger partial charge in [-0.25, -0.2) is 8.78 Å². The minimum atomic E-state index is -1.13. The molecule has 0 unspecified atom stereocenters. The summed E-state index contributed by atoms with van der Waals surface area (Å²) in [6.45, 7) is 1.31. The van der Waals surface area contributed by atoms with E-state index in [0.717, 1.165) is 24.6 Å². The summed E-state index contributed by atoms with van der Waals surface area (Å²) in [6.07, 6.45) is 1.65. The monoisotopic (exact) mass is 415 g/mol. The molecule has 1 aliphatic rings. The van der Waals surface area contributed by atoms with E-state index in [9.17, 15) is 23.2 Å². The van der Waals surface area contributed by atoms with E-state index in [2.05, 4.69) is 16.7 Å². The van der Waals surface area contributed by atoms with Crippen molar-refractivity contribution in [2.75, 3.05) is 19.6 Å². The highest BCUT2D eigenvalue weighted by Crippen LogP contribution is 2.19. The first-order valence-electron chi connectivity index (χ1n) is 9.78. The molecule has 0 aromatic heterocycles. The van der Waals surface area contributed by atoms with E-state index >= 15 is 0 Å². The molecular formula is C22H23F2N3O3. The van der Waals surface area contributed by atoms with Crippen molar-refractivity contribution in [3.63, 3.8) is 0 Å². The van der Waals surface area contributed by atoms with Crippen LogP contribution < -0.4 is 10.6 Å². The second kappa shape index (κ2) is 9.96. The molecule has 2 aromatic carbocycles. The van der Waals surface area contributed by atoms with Crippen LogP contribution in [0.25, 0.3) is 0 Å². The summed E-state index contributed by atoms with van der Waals surface area (Å²) in [7, 11) is 0. The number of rotatable bonds is 7. The zero-order valence-corrected chi connectivity index (χ0v) is 16.4. The number of fused-ring (bicyclic) bond motifs is 1. The molecule has 0 spiro atoms. The molecule has 2 aromatic rings. The Hall–Kier alpha value is -3.29. The minimum Gasteiger partial charge on any atom is -0.355 e. The quantitative estimate of drug-likeness (QED) is 0.681. The topological polar surface area (TPSA) is 78.5 Å². The highest BCUT2D eigenvalue weighted by atomic mass is 19.2. The number of amides is 3. The Morgan fingerprint density at radius 1 is 0.967 bits per heavy atom. The largest absolute Gasteiger partial charge is 0.355 e. The summed E-state index contributed by atoms with van der Waals surface area (Å²) in [5.41, 5.74) is 2.37. The zero-order valence-electron chi connectivity index (χ0n) is 16.4. The molecule has 0 atom stereocenters. The molecule has 8 heteroatoms. The minimum absolute atomic E-state index is 0.0467. The maximum atomic E-state index is 13.2. The summed E-state index contributed by atoms with van der Waals surface area (Å²) in [5, 5.41) is 4.97. The van der Waals surface area contributed by atoms with Gasteiger partial charge in [-0.2, -0.15) is 0 Å². The summed E-state index contributed by atoms with van der Waals surface area (Å²) in [6, 6.07) is 10.8. The third-order valence-electron chi connectivity index (χ3n) is 4.96. The lowest BCUT2D eigenvalue weighted by atomic mass is 9.99. The molecule has 0 fully saturated rings. The van der Waals surface area contributed by atoms with Crippen molar-refractivity contribution in [1.29, 1.82) is 0 Å². The van der Waals surface area contributed by atoms with Crippen LogP contribution in [0.5, 0.6) is 0 Å². The fourth-order valence-corrected chi connectivity index (χ4v) is 3.30. The Kier molecular flexibility index (Phi) is 7.11. The van der Waals surface area contributed by atoms with Crippen molar-refractivity contribution in [2.45, 2.75) is 25.8 Å². The number of nitrogens with one attached hydrogen (secondary N) is 2. The molecule has 30 heavy (non-hydrogen) atoms. The molecule has 0 saturated heterocycles. The highest BCUT2D eigenvalue weighted by molar-refractivity contribution is 5.96. The Morgan fingerprint density at radius 3 is 2.50 bits per heavy atom. The fourth-order valence-electron chi connectivity index (χ4n) is 3.30. The summed E-state index contributed by atoms with van der Waals surface area (Å²) in [4.78, 5) is 37.9. The molecule has 2 N–H and O–H groups in total. The van der Waals surface area contributed by atoms with Crippen molar-refractivity contribution >= 4 is 17.7 Å². The third kappa shape index (κ3) is 5.62. The molecule has 0 saturated carbocycles. The normalized spacial score (nSPS) is 12.8. The zero-order chi connectivity index (χ0) is 21.5. The average molecular weight is 415 g/mol. The summed E-state index contributed by atoms with van der Waals surface area (Å²) >= 11 is 0. The average Bonchev–Trinajstić information content (AvgIpc) is 2.76. The van der Waals surface area contributed by atoms with Crippen molar-refractivity contribution in [2.24, 2.45) is 0 Å². The SMILES string of the molecule is O=C(CNC(=O)c1ccc(F)c(F)c1)NCCCC(=O)N1CCc2ccccc2C1. The lowest BCUT2D eigenvalue weighted by molar-refractivity contribution is -0.132. The van der Waals surface area contributed by atoms with Crippen molar-refractivity contribution in [3.05, 3.63) is 70.8 Å². The van der Waals surface area contributed by atoms with Gasteiger partial charge in [-0.05, 0) is 42.2 Å². The van der Waals surface area contributed by atoms with Crippen LogP contribution in [0.2, 0.25) is 0 Å². The number of nitrogens with zero attached hydrogens (tertiary/aromatic N) is 1. The van der Waals surface area contributed by atoms with Gasteiger partial charge in [0.1, 0.15) is 0 Å². The Bertz CT molecular complexity index is 949. The molecule has 0 bridgehead atoms. The number of halogens is 2. The second-order valence-corrected chi connectivity index (χ2v) is 7.10. The summed E-state index contributed by atoms with van der Waals surface area (Å²) < 4.78 is 26.0. The number of carbonyl (C=O) groups is 3. The van der Waals surface area contributed by atoms with Gasteiger partial charge in [0.05, 0.1) is 6.54 Å². The van der Waals surface area contributed by atoms with E-state index in [1.807, 2.05) is 23.1 Å². The first-order valence-corrected chi connectivity index (χ1v) is 9.78. The molecule has 6 nitrogen and oxygen atoms in total. The smallest absolute Gasteiger partial charge is 0.251 e. The van der Waals surface area contributed by atoms with Crippen LogP contribution in [0.15, 0.2) is 42.5 Å². The van der Waals surface area contributed by atoms with Gasteiger partial charge in [-0.3, -0.25) is 14.4 Å². The van der Waals surface area contributed by atoms with E-state index in [0.29, 0.717) is 32.5 Å². The van der Waals surface area contributed by atoms with Crippen LogP contribution in [-0.4, -0.2) is 42.3 Å². The van der Waals surface area contributed by atoms with E-state index in [1.54, 1.807) is 0 Å². The molecule has 1 aliphatic heterocycles. The van der Waals surface area contributed by atoms with Gasteiger partial charge in [0.15, 0.2) is 11.6 Å². The Balaban J connectivity index is 1.33. The number of hydrogen-bond acceptors (Lipinski definition) is 3. The Labute approximate surface area is 173 Å². The van der Waals surface area contributed by atoms with E-state index < -0.39 is 23.4 Å². The van der Waals surface area contributed by atoms with Crippen LogP contribution in [0.1, 0.15) is 34.3 Å². The molecule has 3 amide bonds. The van der Waals surface area contributed by atoms with Crippen LogP contribution in [-0.2, 0) is 22.6 Å². The Morgan fingerprint density at radius 2 is 1.73 bits per heavy atom. The van der Waals surface area contributed by atoms with Crippen LogP contribution in [0, 0.1) is 11.6 Å². The molecular weight excluding hydrogens is 392 g/mol. The number of benzene rings is 2. The molecule has 1 heterocycles. The van der Waals surface area contributed by atoms with Gasteiger partial charge >= 0.3 is 0 Å². The lowest BCUT2D eigenvalue weighted by Gasteiger charge is -2.29. The van der Waals surface area contributed by atoms with Crippen LogP contribution in [0.3, 0.4) is 0 Å². The molecule has 0 radical (unpaired) electrons. The highest BCUT2D eigenvalue weighted by Gasteiger charge is 2.19. The third-order valence-corrected chi connectivity index (χ3v) is 4.96. The van der Waals surface area contributed by atoms with Gasteiger partial charge < -0.3 is 15.5 Å². The molecule has 0 aliphatic carbocycles. The van der Waals surface area contributed by atoms with Crippen molar-refractivity contribution in [1.82, 2.24) is 15.5 Å². The predicted octanol–water partition coefficient (Wildman–Crippen LogP) is 2.18. The number of hydrogen-bond donors (Lipinski definition) is 2. The standard InChI is InChI=1S/C22H23F2N3O3/c23-18-8-7-16(12-19(18)24)22(30)26-13-20(28)25-10-3-6-21(29)27-11-9-15-4-1-2-5-17(15)14-27/h1-2,4-5,7-8,12H,3,6,9-11,13-14H2,(H,25,28)(H,26,30). The second-order valence-electron chi connectivity index (χ2n) is 7.10. The van der Waals surface area contributed by atoms with Gasteiger partial charge in [0.2, 0.25) is 11.8 Å². The summed E-state index contributed by atoms with van der Waals surface area (Å²) in [5.74, 6) is -3.23. The van der Waals surface area contributed by atoms with Gasteiger partial charge in [-0.1, -0.05) is 24.3 Å². The van der Waals surface area contributed by atoms with Gasteiger partial charge in [-0.15, -0.1) is 0 Å². The van der Waals surface area contributed by atoms with E-state index in [4.69, 9.17) is 0 Å². The number of carbonyl (C=O) groups excluding carboxylic acids is 3. The maximum absolute atomic E-state index is 13.2. The van der Waals surface area contributed by atoms with Crippen LogP contribution in [0.4, 0.5) is 8.78 Å². The molecule has 3 rings (SSSR count). The maximum Gasteiger partial charge on any atom is 0.251 e. The first kappa shape index (κ1) is 21.4. The first-order chi connectivity index (χ1) is 14.4. The van der Waals surface area contributed by atoms with Crippen molar-refractivity contribution in [3.8, 4) is 0 Å². The van der Waals surface area contributed by atoms with E-state index in [1.165, 1.54) is 11.1 Å². The van der Waals surface area contributed by atoms with Crippen LogP contribution >= 0.6 is 0 Å². The van der Waals surface area contributed by atoms with E-state index in [-0.39, 0.29) is 18.0 Å². The van der Waals surface area contributed by atoms with Crippen molar-refractivity contribution < 1.29 is 23.2 Å². The van der Waals surface area contributed by atoms with Gasteiger partial charge in [0.25, 0.3) is 5.91 Å². The van der Waals surface area contributed by atoms with Gasteiger partial charge in [0, 0.05) is 31.6 Å². The predicted molar refractivity (Wildman–Crippen MR) is 106 cm³/mol. The lowest BCUT2D eigenvalue weighted by Crippen LogP contribution is -2.38.